The first-order chi connectivity index (χ1) is 19.4. The normalized spacial score (nSPS) is 13.7. The van der Waals surface area contributed by atoms with Crippen molar-refractivity contribution < 1.29 is 0 Å². The van der Waals surface area contributed by atoms with Gasteiger partial charge in [0.1, 0.15) is 0 Å². The van der Waals surface area contributed by atoms with E-state index in [-0.39, 0.29) is 0 Å². The molecule has 0 saturated heterocycles. The minimum atomic E-state index is 0.870. The topological polar surface area (TPSA) is 46.5 Å². The van der Waals surface area contributed by atoms with Crippen LogP contribution in [0.5, 0.6) is 0 Å². The number of rotatable bonds is 5. The molecule has 4 aromatic rings. The number of hydrogen-bond acceptors (Lipinski definition) is 2. The second-order valence-corrected chi connectivity index (χ2v) is 10.9. The van der Waals surface area contributed by atoms with Gasteiger partial charge in [-0.3, -0.25) is 0 Å². The Kier molecular flexibility index (Phi) is 6.74. The minimum absolute atomic E-state index is 0.870. The van der Waals surface area contributed by atoms with Gasteiger partial charge in [0, 0.05) is 28.4 Å². The molecule has 204 valence electrons. The van der Waals surface area contributed by atoms with Gasteiger partial charge in [0.2, 0.25) is 0 Å². The molecule has 5 heterocycles. The average Bonchev–Trinajstić information content (AvgIpc) is 3.64. The highest BCUT2D eigenvalue weighted by Gasteiger charge is 2.20. The second-order valence-electron chi connectivity index (χ2n) is 10.9. The van der Waals surface area contributed by atoms with Crippen molar-refractivity contribution in [3.05, 3.63) is 82.4 Å². The molecule has 40 heavy (non-hydrogen) atoms. The van der Waals surface area contributed by atoms with Gasteiger partial charge in [-0.1, -0.05) is 52.0 Å². The first-order valence-corrected chi connectivity index (χ1v) is 15.0. The number of hydrogen-bond donors (Lipinski definition) is 1. The van der Waals surface area contributed by atoms with Gasteiger partial charge in [-0.05, 0) is 104 Å². The maximum atomic E-state index is 5.27. The number of benzene rings is 1. The largest absolute Gasteiger partial charge is 0.355 e. The number of aromatic amines is 1. The number of allylic oxidation sites excluding steroid dienone is 4. The van der Waals surface area contributed by atoms with E-state index in [1.165, 1.54) is 66.3 Å². The lowest BCUT2D eigenvalue weighted by atomic mass is 10.0. The monoisotopic (exact) mass is 528 g/mol. The Balaban J connectivity index is 1.88. The van der Waals surface area contributed by atoms with Gasteiger partial charge >= 0.3 is 0 Å². The van der Waals surface area contributed by atoms with Crippen molar-refractivity contribution >= 4 is 55.1 Å². The summed E-state index contributed by atoms with van der Waals surface area (Å²) in [6, 6.07) is 18.0. The summed E-state index contributed by atoms with van der Waals surface area (Å²) in [5, 5.41) is 2.51. The van der Waals surface area contributed by atoms with Gasteiger partial charge in [0.15, 0.2) is 0 Å². The molecule has 0 saturated carbocycles. The molecule has 0 spiro atoms. The molecule has 4 heteroatoms. The molecule has 8 bridgehead atoms. The molecule has 1 N–H and O–H groups in total. The van der Waals surface area contributed by atoms with Crippen LogP contribution >= 0.6 is 0 Å². The molecular formula is C36H40N4. The molecule has 2 aliphatic heterocycles. The third kappa shape index (κ3) is 3.96. The summed E-state index contributed by atoms with van der Waals surface area (Å²) in [6.45, 7) is 16.6. The molecule has 0 fully saturated rings. The number of fused-ring (bicyclic) bond motifs is 11. The zero-order valence-electron chi connectivity index (χ0n) is 25.0. The SMILES string of the molecule is CCC1=C(C)c2cc3c4ccccc4c(cc4nc(cc5[nH]c(cc1n2)c(CC)c5CC)C(CC)=C4C)n3CC. The Morgan fingerprint density at radius 3 is 1.43 bits per heavy atom. The van der Waals surface area contributed by atoms with Crippen molar-refractivity contribution in [2.24, 2.45) is 0 Å². The molecule has 0 aliphatic carbocycles. The third-order valence-electron chi connectivity index (χ3n) is 8.96. The number of H-pyrrole nitrogens is 1. The fourth-order valence-electron chi connectivity index (χ4n) is 6.88. The quantitative estimate of drug-likeness (QED) is 0.280. The van der Waals surface area contributed by atoms with Crippen LogP contribution in [0.4, 0.5) is 0 Å². The predicted octanol–water partition coefficient (Wildman–Crippen LogP) is 9.77. The highest BCUT2D eigenvalue weighted by Crippen LogP contribution is 2.37. The van der Waals surface area contributed by atoms with Crippen LogP contribution in [0.25, 0.3) is 55.1 Å². The standard InChI is InChI=1S/C36H40N4/c1-8-23-21(6)29-19-35-27-15-13-14-16-28(27)36(40(35)12-5)20-30-22(7)24(9-2)32(38-30)18-34-26(11-4)25(10-3)33(39-34)17-31(23)37-29/h13-20,39H,8-12H2,1-7H3. The molecule has 0 atom stereocenters. The molecule has 0 amide bonds. The lowest BCUT2D eigenvalue weighted by Crippen LogP contribution is -1.93. The number of nitrogens with zero attached hydrogens (tertiary/aromatic N) is 3. The van der Waals surface area contributed by atoms with Gasteiger partial charge in [-0.25, -0.2) is 9.97 Å². The van der Waals surface area contributed by atoms with Crippen LogP contribution in [0.1, 0.15) is 95.2 Å². The van der Waals surface area contributed by atoms with Crippen molar-refractivity contribution in [2.75, 3.05) is 0 Å². The van der Waals surface area contributed by atoms with Gasteiger partial charge in [0.25, 0.3) is 0 Å². The van der Waals surface area contributed by atoms with E-state index in [9.17, 15) is 0 Å². The average molecular weight is 529 g/mol. The summed E-state index contributed by atoms with van der Waals surface area (Å²) < 4.78 is 2.43. The summed E-state index contributed by atoms with van der Waals surface area (Å²) in [5.41, 5.74) is 17.0. The molecule has 1 aromatic carbocycles. The Morgan fingerprint density at radius 2 is 1.05 bits per heavy atom. The lowest BCUT2D eigenvalue weighted by Gasteiger charge is -2.03. The van der Waals surface area contributed by atoms with Crippen molar-refractivity contribution in [3.63, 3.8) is 0 Å². The van der Waals surface area contributed by atoms with E-state index in [4.69, 9.17) is 9.97 Å². The minimum Gasteiger partial charge on any atom is -0.355 e. The zero-order valence-corrected chi connectivity index (χ0v) is 25.0. The fraction of sp³-hybridized carbons (Fsp3) is 0.333. The number of aryl methyl sites for hydroxylation is 3. The van der Waals surface area contributed by atoms with E-state index in [1.807, 2.05) is 0 Å². The van der Waals surface area contributed by atoms with Crippen LogP contribution in [-0.2, 0) is 19.4 Å². The maximum Gasteiger partial charge on any atom is 0.0693 e. The van der Waals surface area contributed by atoms with Crippen LogP contribution in [0.3, 0.4) is 0 Å². The highest BCUT2D eigenvalue weighted by atomic mass is 15.0. The van der Waals surface area contributed by atoms with E-state index < -0.39 is 0 Å². The van der Waals surface area contributed by atoms with Gasteiger partial charge in [-0.2, -0.15) is 0 Å². The smallest absolute Gasteiger partial charge is 0.0693 e. The lowest BCUT2D eigenvalue weighted by molar-refractivity contribution is 0.827. The summed E-state index contributed by atoms with van der Waals surface area (Å²) in [4.78, 5) is 14.3. The number of aromatic nitrogens is 4. The molecule has 6 rings (SSSR count). The molecular weight excluding hydrogens is 488 g/mol. The Bertz CT molecular complexity index is 1760. The Labute approximate surface area is 237 Å². The van der Waals surface area contributed by atoms with E-state index in [0.717, 1.165) is 55.0 Å². The molecule has 3 aromatic heterocycles. The maximum absolute atomic E-state index is 5.27. The van der Waals surface area contributed by atoms with Crippen molar-refractivity contribution in [3.8, 4) is 0 Å². The van der Waals surface area contributed by atoms with Crippen LogP contribution in [0.15, 0.2) is 48.5 Å². The first-order valence-electron chi connectivity index (χ1n) is 15.0. The second kappa shape index (κ2) is 10.2. The van der Waals surface area contributed by atoms with Gasteiger partial charge in [-0.15, -0.1) is 0 Å². The fourth-order valence-corrected chi connectivity index (χ4v) is 6.88. The van der Waals surface area contributed by atoms with E-state index in [2.05, 4.69) is 107 Å². The summed E-state index contributed by atoms with van der Waals surface area (Å²) in [7, 11) is 0. The predicted molar refractivity (Wildman–Crippen MR) is 172 cm³/mol. The van der Waals surface area contributed by atoms with Crippen molar-refractivity contribution in [1.82, 2.24) is 19.5 Å². The van der Waals surface area contributed by atoms with Crippen LogP contribution in [-0.4, -0.2) is 19.5 Å². The summed E-state index contributed by atoms with van der Waals surface area (Å²) in [5.74, 6) is 0. The van der Waals surface area contributed by atoms with Crippen LogP contribution in [0.2, 0.25) is 0 Å². The Morgan fingerprint density at radius 1 is 0.600 bits per heavy atom. The van der Waals surface area contributed by atoms with Crippen LogP contribution < -0.4 is 0 Å². The van der Waals surface area contributed by atoms with Crippen molar-refractivity contribution in [2.45, 2.75) is 80.7 Å². The van der Waals surface area contributed by atoms with E-state index >= 15 is 0 Å². The molecule has 0 radical (unpaired) electrons. The van der Waals surface area contributed by atoms with Gasteiger partial charge < -0.3 is 9.55 Å². The Hall–Kier alpha value is -3.92. The van der Waals surface area contributed by atoms with E-state index in [1.54, 1.807) is 0 Å². The van der Waals surface area contributed by atoms with Gasteiger partial charge in [0.05, 0.1) is 33.8 Å². The van der Waals surface area contributed by atoms with Crippen molar-refractivity contribution in [1.29, 1.82) is 0 Å². The van der Waals surface area contributed by atoms with Crippen LogP contribution in [0, 0.1) is 0 Å². The van der Waals surface area contributed by atoms with E-state index in [0.29, 0.717) is 0 Å². The molecule has 0 unspecified atom stereocenters. The summed E-state index contributed by atoms with van der Waals surface area (Å²) in [6.07, 6.45) is 3.86. The number of nitrogens with one attached hydrogen (secondary N) is 1. The summed E-state index contributed by atoms with van der Waals surface area (Å²) >= 11 is 0. The highest BCUT2D eigenvalue weighted by molar-refractivity contribution is 6.09. The first kappa shape index (κ1) is 26.3. The third-order valence-corrected chi connectivity index (χ3v) is 8.96. The zero-order chi connectivity index (χ0) is 28.1. The molecule has 4 nitrogen and oxygen atoms in total. The molecule has 2 aliphatic rings.